The van der Waals surface area contributed by atoms with E-state index in [4.69, 9.17) is 0 Å². The van der Waals surface area contributed by atoms with E-state index in [1.54, 1.807) is 16.4 Å². The zero-order valence-corrected chi connectivity index (χ0v) is 13.5. The molecule has 1 aromatic rings. The molecule has 112 valence electrons. The highest BCUT2D eigenvalue weighted by Crippen LogP contribution is 2.34. The molecule has 20 heavy (non-hydrogen) atoms. The number of nitrogens with one attached hydrogen (secondary N) is 1. The van der Waals surface area contributed by atoms with E-state index in [9.17, 15) is 8.42 Å². The minimum absolute atomic E-state index is 0.136. The smallest absolute Gasteiger partial charge is 0.243 e. The largest absolute Gasteiger partial charge is 0.313 e. The van der Waals surface area contributed by atoms with E-state index < -0.39 is 10.0 Å². The lowest BCUT2D eigenvalue weighted by Gasteiger charge is -2.30. The first-order valence-corrected chi connectivity index (χ1v) is 8.53. The van der Waals surface area contributed by atoms with Crippen LogP contribution in [0.25, 0.3) is 0 Å². The van der Waals surface area contributed by atoms with E-state index in [1.807, 2.05) is 40.0 Å². The van der Waals surface area contributed by atoms with E-state index in [0.717, 1.165) is 18.4 Å². The topological polar surface area (TPSA) is 49.4 Å². The molecule has 1 aromatic carbocycles. The van der Waals surface area contributed by atoms with Crippen molar-refractivity contribution >= 4 is 10.0 Å². The molecule has 1 aliphatic heterocycles. The number of rotatable bonds is 4. The van der Waals surface area contributed by atoms with Crippen LogP contribution < -0.4 is 5.32 Å². The summed E-state index contributed by atoms with van der Waals surface area (Å²) >= 11 is 0. The standard InChI is InChI=1S/C15H24N2O2S/c1-12(16-4)13-7-5-8-14(11-13)20(18,19)17-10-6-9-15(17,2)3/h5,7-8,11-12,16H,6,9-10H2,1-4H3. The molecule has 1 heterocycles. The Labute approximate surface area is 122 Å². The zero-order chi connectivity index (χ0) is 15.0. The van der Waals surface area contributed by atoms with E-state index in [2.05, 4.69) is 5.32 Å². The van der Waals surface area contributed by atoms with Gasteiger partial charge >= 0.3 is 0 Å². The lowest BCUT2D eigenvalue weighted by molar-refractivity contribution is 0.291. The first-order valence-electron chi connectivity index (χ1n) is 7.09. The van der Waals surface area contributed by atoms with Gasteiger partial charge in [-0.25, -0.2) is 8.42 Å². The molecule has 0 amide bonds. The summed E-state index contributed by atoms with van der Waals surface area (Å²) in [6.45, 7) is 6.63. The number of hydrogen-bond acceptors (Lipinski definition) is 3. The SMILES string of the molecule is CNC(C)c1cccc(S(=O)(=O)N2CCCC2(C)C)c1. The average molecular weight is 296 g/mol. The van der Waals surface area contributed by atoms with Gasteiger partial charge in [0.1, 0.15) is 0 Å². The second-order valence-corrected chi connectivity index (χ2v) is 7.94. The summed E-state index contributed by atoms with van der Waals surface area (Å²) in [5.74, 6) is 0. The van der Waals surface area contributed by atoms with Crippen molar-refractivity contribution < 1.29 is 8.42 Å². The maximum absolute atomic E-state index is 12.8. The van der Waals surface area contributed by atoms with Gasteiger partial charge in [-0.1, -0.05) is 12.1 Å². The highest BCUT2D eigenvalue weighted by molar-refractivity contribution is 7.89. The molecule has 5 heteroatoms. The summed E-state index contributed by atoms with van der Waals surface area (Å²) in [7, 11) is -1.53. The predicted octanol–water partition coefficient (Wildman–Crippen LogP) is 2.53. The molecule has 4 nitrogen and oxygen atoms in total. The van der Waals surface area contributed by atoms with Crippen molar-refractivity contribution in [3.8, 4) is 0 Å². The van der Waals surface area contributed by atoms with Crippen molar-refractivity contribution in [1.82, 2.24) is 9.62 Å². The van der Waals surface area contributed by atoms with Crippen LogP contribution in [0.1, 0.15) is 45.2 Å². The highest BCUT2D eigenvalue weighted by atomic mass is 32.2. The third-order valence-corrected chi connectivity index (χ3v) is 6.31. The van der Waals surface area contributed by atoms with Gasteiger partial charge in [0.05, 0.1) is 4.90 Å². The Morgan fingerprint density at radius 2 is 2.05 bits per heavy atom. The molecule has 0 aromatic heterocycles. The van der Waals surface area contributed by atoms with Crippen LogP contribution in [0.4, 0.5) is 0 Å². The lowest BCUT2D eigenvalue weighted by Crippen LogP contribution is -2.42. The molecular formula is C15H24N2O2S. The summed E-state index contributed by atoms with van der Waals surface area (Å²) in [5, 5.41) is 3.14. The Morgan fingerprint density at radius 3 is 2.60 bits per heavy atom. The fourth-order valence-electron chi connectivity index (χ4n) is 2.77. The van der Waals surface area contributed by atoms with Gasteiger partial charge in [-0.15, -0.1) is 0 Å². The molecule has 1 aliphatic rings. The van der Waals surface area contributed by atoms with E-state index in [-0.39, 0.29) is 11.6 Å². The van der Waals surface area contributed by atoms with E-state index in [0.29, 0.717) is 11.4 Å². The predicted molar refractivity (Wildman–Crippen MR) is 81.1 cm³/mol. The van der Waals surface area contributed by atoms with Crippen LogP contribution in [0.2, 0.25) is 0 Å². The van der Waals surface area contributed by atoms with Crippen LogP contribution >= 0.6 is 0 Å². The minimum atomic E-state index is -3.41. The Hall–Kier alpha value is -0.910. The van der Waals surface area contributed by atoms with Gasteiger partial charge in [-0.05, 0) is 58.4 Å². The Bertz CT molecular complexity index is 581. The molecule has 0 saturated carbocycles. The summed E-state index contributed by atoms with van der Waals surface area (Å²) in [5.41, 5.74) is 0.703. The summed E-state index contributed by atoms with van der Waals surface area (Å²) in [6, 6.07) is 7.38. The molecule has 0 aliphatic carbocycles. The first kappa shape index (κ1) is 15.5. The summed E-state index contributed by atoms with van der Waals surface area (Å²) < 4.78 is 27.3. The molecular weight excluding hydrogens is 272 g/mol. The van der Waals surface area contributed by atoms with Crippen LogP contribution in [0.5, 0.6) is 0 Å². The van der Waals surface area contributed by atoms with Crippen molar-refractivity contribution in [2.24, 2.45) is 0 Å². The van der Waals surface area contributed by atoms with Crippen LogP contribution in [0.3, 0.4) is 0 Å². The molecule has 1 N–H and O–H groups in total. The third-order valence-electron chi connectivity index (χ3n) is 4.20. The quantitative estimate of drug-likeness (QED) is 0.929. The maximum Gasteiger partial charge on any atom is 0.243 e. The highest BCUT2D eigenvalue weighted by Gasteiger charge is 2.40. The van der Waals surface area contributed by atoms with Gasteiger partial charge in [0.2, 0.25) is 10.0 Å². The van der Waals surface area contributed by atoms with E-state index in [1.165, 1.54) is 0 Å². The van der Waals surface area contributed by atoms with Gasteiger partial charge in [-0.3, -0.25) is 0 Å². The normalized spacial score (nSPS) is 21.0. The Morgan fingerprint density at radius 1 is 1.35 bits per heavy atom. The van der Waals surface area contributed by atoms with Crippen molar-refractivity contribution in [3.05, 3.63) is 29.8 Å². The van der Waals surface area contributed by atoms with Crippen molar-refractivity contribution in [3.63, 3.8) is 0 Å². The zero-order valence-electron chi connectivity index (χ0n) is 12.7. The fraction of sp³-hybridized carbons (Fsp3) is 0.600. The van der Waals surface area contributed by atoms with Crippen LogP contribution in [0, 0.1) is 0 Å². The van der Waals surface area contributed by atoms with Crippen LogP contribution in [-0.4, -0.2) is 31.9 Å². The summed E-state index contributed by atoms with van der Waals surface area (Å²) in [4.78, 5) is 0.395. The van der Waals surface area contributed by atoms with Gasteiger partial charge in [-0.2, -0.15) is 4.31 Å². The second-order valence-electron chi connectivity index (χ2n) is 6.08. The molecule has 1 fully saturated rings. The monoisotopic (exact) mass is 296 g/mol. The molecule has 1 unspecified atom stereocenters. The Balaban J connectivity index is 2.40. The first-order chi connectivity index (χ1) is 9.29. The third kappa shape index (κ3) is 2.75. The molecule has 0 radical (unpaired) electrons. The van der Waals surface area contributed by atoms with Crippen molar-refractivity contribution in [2.75, 3.05) is 13.6 Å². The second kappa shape index (κ2) is 5.47. The molecule has 0 bridgehead atoms. The van der Waals surface area contributed by atoms with Gasteiger partial charge in [0.15, 0.2) is 0 Å². The lowest BCUT2D eigenvalue weighted by atomic mass is 10.0. The number of sulfonamides is 1. The average Bonchev–Trinajstić information content (AvgIpc) is 2.78. The summed E-state index contributed by atoms with van der Waals surface area (Å²) in [6.07, 6.45) is 1.84. The molecule has 0 spiro atoms. The molecule has 1 atom stereocenters. The van der Waals surface area contributed by atoms with Crippen molar-refractivity contribution in [2.45, 2.75) is 50.1 Å². The maximum atomic E-state index is 12.8. The molecule has 1 saturated heterocycles. The minimum Gasteiger partial charge on any atom is -0.313 e. The fourth-order valence-corrected chi connectivity index (χ4v) is 4.67. The van der Waals surface area contributed by atoms with Crippen LogP contribution in [-0.2, 0) is 10.0 Å². The van der Waals surface area contributed by atoms with Crippen LogP contribution in [0.15, 0.2) is 29.2 Å². The van der Waals surface area contributed by atoms with Gasteiger partial charge in [0.25, 0.3) is 0 Å². The number of benzene rings is 1. The molecule has 2 rings (SSSR count). The number of nitrogens with zero attached hydrogens (tertiary/aromatic N) is 1. The van der Waals surface area contributed by atoms with E-state index >= 15 is 0 Å². The number of hydrogen-bond donors (Lipinski definition) is 1. The van der Waals surface area contributed by atoms with Gasteiger partial charge in [0, 0.05) is 18.1 Å². The van der Waals surface area contributed by atoms with Gasteiger partial charge < -0.3 is 5.32 Å². The van der Waals surface area contributed by atoms with Crippen molar-refractivity contribution in [1.29, 1.82) is 0 Å². The Kier molecular flexibility index (Phi) is 4.23.